The Bertz CT molecular complexity index is 446. The van der Waals surface area contributed by atoms with Gasteiger partial charge in [0.1, 0.15) is 12.0 Å². The van der Waals surface area contributed by atoms with Crippen molar-refractivity contribution in [3.05, 3.63) is 53.7 Å². The van der Waals surface area contributed by atoms with Crippen molar-refractivity contribution in [3.8, 4) is 0 Å². The van der Waals surface area contributed by atoms with Crippen LogP contribution in [0.2, 0.25) is 0 Å². The highest BCUT2D eigenvalue weighted by Gasteiger charge is 1.97. The molecule has 0 atom stereocenters. The molecule has 3 heteroatoms. The summed E-state index contributed by atoms with van der Waals surface area (Å²) in [5, 5.41) is 8.79. The van der Waals surface area contributed by atoms with Gasteiger partial charge >= 0.3 is 0 Å². The molecule has 0 aliphatic carbocycles. The molecule has 0 radical (unpaired) electrons. The van der Waals surface area contributed by atoms with Crippen LogP contribution >= 0.6 is 0 Å². The Labute approximate surface area is 87.7 Å². The van der Waals surface area contributed by atoms with E-state index in [2.05, 4.69) is 4.98 Å². The highest BCUT2D eigenvalue weighted by atomic mass is 16.3. The maximum absolute atomic E-state index is 8.79. The number of nitrogens with zero attached hydrogens (tertiary/aromatic N) is 1. The van der Waals surface area contributed by atoms with Crippen LogP contribution in [0.15, 0.2) is 41.0 Å². The standard InChI is InChI=1S/C12H11NO2/c14-8-11-9-15-12(13-11)7-6-10-4-2-1-3-5-10/h1-7,9,14H,8H2. The molecule has 0 saturated carbocycles. The van der Waals surface area contributed by atoms with Crippen LogP contribution in [0.3, 0.4) is 0 Å². The normalized spacial score (nSPS) is 11.0. The monoisotopic (exact) mass is 201 g/mol. The second-order valence-electron chi connectivity index (χ2n) is 3.08. The lowest BCUT2D eigenvalue weighted by atomic mass is 10.2. The van der Waals surface area contributed by atoms with E-state index >= 15 is 0 Å². The van der Waals surface area contributed by atoms with E-state index in [-0.39, 0.29) is 6.61 Å². The summed E-state index contributed by atoms with van der Waals surface area (Å²) in [5.41, 5.74) is 1.63. The van der Waals surface area contributed by atoms with Gasteiger partial charge in [0.15, 0.2) is 0 Å². The molecule has 0 amide bonds. The Morgan fingerprint density at radius 3 is 2.67 bits per heavy atom. The molecule has 0 unspecified atom stereocenters. The van der Waals surface area contributed by atoms with Crippen molar-refractivity contribution in [1.82, 2.24) is 4.98 Å². The average molecular weight is 201 g/mol. The van der Waals surface area contributed by atoms with Gasteiger partial charge in [0.05, 0.1) is 6.61 Å². The number of oxazole rings is 1. The van der Waals surface area contributed by atoms with Crippen LogP contribution in [0.4, 0.5) is 0 Å². The van der Waals surface area contributed by atoms with Gasteiger partial charge in [-0.3, -0.25) is 0 Å². The number of aliphatic hydroxyl groups is 1. The molecular formula is C12H11NO2. The molecule has 2 rings (SSSR count). The second kappa shape index (κ2) is 4.57. The summed E-state index contributed by atoms with van der Waals surface area (Å²) >= 11 is 0. The number of benzene rings is 1. The fourth-order valence-corrected chi connectivity index (χ4v) is 1.20. The van der Waals surface area contributed by atoms with Crippen LogP contribution < -0.4 is 0 Å². The minimum atomic E-state index is -0.0946. The molecule has 15 heavy (non-hydrogen) atoms. The van der Waals surface area contributed by atoms with Gasteiger partial charge in [-0.05, 0) is 11.6 Å². The van der Waals surface area contributed by atoms with Gasteiger partial charge in [-0.1, -0.05) is 30.3 Å². The van der Waals surface area contributed by atoms with E-state index in [0.29, 0.717) is 11.6 Å². The topological polar surface area (TPSA) is 46.3 Å². The Morgan fingerprint density at radius 1 is 1.20 bits per heavy atom. The van der Waals surface area contributed by atoms with Gasteiger partial charge in [0.25, 0.3) is 0 Å². The predicted molar refractivity (Wildman–Crippen MR) is 57.8 cm³/mol. The summed E-state index contributed by atoms with van der Waals surface area (Å²) < 4.78 is 5.12. The molecule has 0 fully saturated rings. The quantitative estimate of drug-likeness (QED) is 0.829. The lowest BCUT2D eigenvalue weighted by Gasteiger charge is -1.89. The summed E-state index contributed by atoms with van der Waals surface area (Å²) in [7, 11) is 0. The molecule has 2 aromatic rings. The minimum Gasteiger partial charge on any atom is -0.445 e. The van der Waals surface area contributed by atoms with Crippen molar-refractivity contribution in [2.24, 2.45) is 0 Å². The van der Waals surface area contributed by atoms with E-state index < -0.39 is 0 Å². The third-order valence-electron chi connectivity index (χ3n) is 1.95. The smallest absolute Gasteiger partial charge is 0.218 e. The molecular weight excluding hydrogens is 190 g/mol. The van der Waals surface area contributed by atoms with Crippen LogP contribution in [0, 0.1) is 0 Å². The van der Waals surface area contributed by atoms with Crippen molar-refractivity contribution < 1.29 is 9.52 Å². The molecule has 0 bridgehead atoms. The van der Waals surface area contributed by atoms with Crippen LogP contribution in [0.1, 0.15) is 17.1 Å². The van der Waals surface area contributed by atoms with Crippen molar-refractivity contribution in [2.75, 3.05) is 0 Å². The summed E-state index contributed by atoms with van der Waals surface area (Å²) in [6.07, 6.45) is 5.13. The van der Waals surface area contributed by atoms with Crippen LogP contribution in [-0.4, -0.2) is 10.1 Å². The third kappa shape index (κ3) is 2.54. The van der Waals surface area contributed by atoms with Crippen molar-refractivity contribution >= 4 is 12.2 Å². The maximum Gasteiger partial charge on any atom is 0.218 e. The van der Waals surface area contributed by atoms with Crippen molar-refractivity contribution in [3.63, 3.8) is 0 Å². The minimum absolute atomic E-state index is 0.0946. The van der Waals surface area contributed by atoms with Crippen molar-refractivity contribution in [1.29, 1.82) is 0 Å². The van der Waals surface area contributed by atoms with Gasteiger partial charge in [0, 0.05) is 6.08 Å². The predicted octanol–water partition coefficient (Wildman–Crippen LogP) is 2.34. The summed E-state index contributed by atoms with van der Waals surface area (Å²) in [5.74, 6) is 0.503. The van der Waals surface area contributed by atoms with E-state index in [0.717, 1.165) is 5.56 Å². The molecule has 0 aliphatic heterocycles. The molecule has 76 valence electrons. The molecule has 1 aromatic carbocycles. The molecule has 1 heterocycles. The molecule has 0 aliphatic rings. The molecule has 0 saturated heterocycles. The first-order chi connectivity index (χ1) is 7.38. The van der Waals surface area contributed by atoms with E-state index in [1.54, 1.807) is 6.08 Å². The van der Waals surface area contributed by atoms with Crippen LogP contribution in [-0.2, 0) is 6.61 Å². The van der Waals surface area contributed by atoms with E-state index in [1.165, 1.54) is 6.26 Å². The van der Waals surface area contributed by atoms with Gasteiger partial charge in [-0.2, -0.15) is 0 Å². The highest BCUT2D eigenvalue weighted by molar-refractivity contribution is 5.65. The Kier molecular flexibility index (Phi) is 2.95. The molecule has 0 spiro atoms. The van der Waals surface area contributed by atoms with E-state index in [1.807, 2.05) is 36.4 Å². The first kappa shape index (κ1) is 9.68. The Hall–Kier alpha value is -1.87. The fourth-order valence-electron chi connectivity index (χ4n) is 1.20. The highest BCUT2D eigenvalue weighted by Crippen LogP contribution is 2.08. The number of hydrogen-bond donors (Lipinski definition) is 1. The lowest BCUT2D eigenvalue weighted by Crippen LogP contribution is -1.81. The first-order valence-corrected chi connectivity index (χ1v) is 4.67. The molecule has 1 aromatic heterocycles. The molecule has 1 N–H and O–H groups in total. The maximum atomic E-state index is 8.79. The zero-order chi connectivity index (χ0) is 10.5. The number of aliphatic hydroxyl groups excluding tert-OH is 1. The number of hydrogen-bond acceptors (Lipinski definition) is 3. The Morgan fingerprint density at radius 2 is 2.00 bits per heavy atom. The second-order valence-corrected chi connectivity index (χ2v) is 3.08. The van der Waals surface area contributed by atoms with Crippen LogP contribution in [0.25, 0.3) is 12.2 Å². The van der Waals surface area contributed by atoms with Crippen LogP contribution in [0.5, 0.6) is 0 Å². The largest absolute Gasteiger partial charge is 0.445 e. The average Bonchev–Trinajstić information content (AvgIpc) is 2.76. The first-order valence-electron chi connectivity index (χ1n) is 4.67. The SMILES string of the molecule is OCc1coc(C=Cc2ccccc2)n1. The molecule has 3 nitrogen and oxygen atoms in total. The van der Waals surface area contributed by atoms with Gasteiger partial charge in [0.2, 0.25) is 5.89 Å². The van der Waals surface area contributed by atoms with Crippen molar-refractivity contribution in [2.45, 2.75) is 6.61 Å². The number of aromatic nitrogens is 1. The van der Waals surface area contributed by atoms with Gasteiger partial charge in [-0.25, -0.2) is 4.98 Å². The Balaban J connectivity index is 2.11. The lowest BCUT2D eigenvalue weighted by molar-refractivity contribution is 0.276. The summed E-state index contributed by atoms with van der Waals surface area (Å²) in [6, 6.07) is 9.88. The zero-order valence-electron chi connectivity index (χ0n) is 8.13. The van der Waals surface area contributed by atoms with Gasteiger partial charge in [-0.15, -0.1) is 0 Å². The third-order valence-corrected chi connectivity index (χ3v) is 1.95. The summed E-state index contributed by atoms with van der Waals surface area (Å²) in [4.78, 5) is 4.04. The summed E-state index contributed by atoms with van der Waals surface area (Å²) in [6.45, 7) is -0.0946. The van der Waals surface area contributed by atoms with E-state index in [9.17, 15) is 0 Å². The number of rotatable bonds is 3. The van der Waals surface area contributed by atoms with E-state index in [4.69, 9.17) is 9.52 Å². The fraction of sp³-hybridized carbons (Fsp3) is 0.0833. The van der Waals surface area contributed by atoms with Gasteiger partial charge < -0.3 is 9.52 Å². The zero-order valence-corrected chi connectivity index (χ0v) is 8.13.